The zero-order valence-corrected chi connectivity index (χ0v) is 8.39. The normalized spacial score (nSPS) is 10.5. The first kappa shape index (κ1) is 9.51. The molecule has 0 aliphatic rings. The monoisotopic (exact) mass is 206 g/mol. The molecule has 0 atom stereocenters. The number of ether oxygens (including phenoxy) is 1. The Kier molecular flexibility index (Phi) is 2.07. The second kappa shape index (κ2) is 3.27. The molecule has 2 aromatic rings. The van der Waals surface area contributed by atoms with Crippen LogP contribution < -0.4 is 0 Å². The van der Waals surface area contributed by atoms with Crippen LogP contribution in [0.2, 0.25) is 0 Å². The van der Waals surface area contributed by atoms with E-state index in [4.69, 9.17) is 0 Å². The number of aromatic nitrogens is 2. The molecular formula is C10H10N2O3. The molecule has 0 radical (unpaired) electrons. The summed E-state index contributed by atoms with van der Waals surface area (Å²) in [6, 6.07) is 4.98. The van der Waals surface area contributed by atoms with Crippen molar-refractivity contribution >= 4 is 16.9 Å². The lowest BCUT2D eigenvalue weighted by Gasteiger charge is -1.97. The van der Waals surface area contributed by atoms with Gasteiger partial charge in [0.1, 0.15) is 5.75 Å². The summed E-state index contributed by atoms with van der Waals surface area (Å²) >= 11 is 0. The molecule has 5 heteroatoms. The smallest absolute Gasteiger partial charge is 0.359 e. The van der Waals surface area contributed by atoms with E-state index < -0.39 is 5.97 Å². The molecule has 1 heterocycles. The van der Waals surface area contributed by atoms with Gasteiger partial charge in [-0.15, -0.1) is 0 Å². The van der Waals surface area contributed by atoms with Crippen LogP contribution in [-0.4, -0.2) is 28.0 Å². The van der Waals surface area contributed by atoms with Crippen molar-refractivity contribution in [3.8, 4) is 5.75 Å². The van der Waals surface area contributed by atoms with Crippen LogP contribution in [0.3, 0.4) is 0 Å². The predicted molar refractivity (Wildman–Crippen MR) is 53.7 cm³/mol. The summed E-state index contributed by atoms with van der Waals surface area (Å²) in [5.41, 5.74) is 0.823. The maximum atomic E-state index is 11.4. The van der Waals surface area contributed by atoms with Crippen molar-refractivity contribution < 1.29 is 14.6 Å². The first-order valence-electron chi connectivity index (χ1n) is 4.38. The maximum Gasteiger partial charge on any atom is 0.359 e. The van der Waals surface area contributed by atoms with Gasteiger partial charge in [-0.1, -0.05) is 6.07 Å². The molecule has 2 rings (SSSR count). The van der Waals surface area contributed by atoms with Crippen LogP contribution in [0, 0.1) is 0 Å². The highest BCUT2D eigenvalue weighted by Gasteiger charge is 2.18. The van der Waals surface area contributed by atoms with Gasteiger partial charge in [-0.2, -0.15) is 5.10 Å². The van der Waals surface area contributed by atoms with Crippen molar-refractivity contribution in [3.05, 3.63) is 23.9 Å². The number of nitrogens with zero attached hydrogens (tertiary/aromatic N) is 2. The summed E-state index contributed by atoms with van der Waals surface area (Å²) in [5.74, 6) is -0.525. The summed E-state index contributed by atoms with van der Waals surface area (Å²) in [6.07, 6.45) is 0. The van der Waals surface area contributed by atoms with Gasteiger partial charge in [-0.25, -0.2) is 4.79 Å². The quantitative estimate of drug-likeness (QED) is 0.709. The SMILES string of the molecule is COC(=O)c1nn(C)c2cccc(O)c12. The van der Waals surface area contributed by atoms with E-state index >= 15 is 0 Å². The summed E-state index contributed by atoms with van der Waals surface area (Å²) in [5, 5.41) is 14.1. The number of benzene rings is 1. The summed E-state index contributed by atoms with van der Waals surface area (Å²) in [7, 11) is 2.98. The van der Waals surface area contributed by atoms with Crippen LogP contribution in [0.25, 0.3) is 10.9 Å². The highest BCUT2D eigenvalue weighted by Crippen LogP contribution is 2.27. The number of fused-ring (bicyclic) bond motifs is 1. The average Bonchev–Trinajstić information content (AvgIpc) is 2.57. The molecule has 15 heavy (non-hydrogen) atoms. The van der Waals surface area contributed by atoms with Crippen molar-refractivity contribution in [3.63, 3.8) is 0 Å². The molecule has 0 bridgehead atoms. The lowest BCUT2D eigenvalue weighted by molar-refractivity contribution is 0.0595. The van der Waals surface area contributed by atoms with E-state index in [1.54, 1.807) is 19.2 Å². The Hall–Kier alpha value is -2.04. The van der Waals surface area contributed by atoms with Crippen LogP contribution >= 0.6 is 0 Å². The fourth-order valence-corrected chi connectivity index (χ4v) is 1.53. The van der Waals surface area contributed by atoms with E-state index in [0.717, 1.165) is 0 Å². The standard InChI is InChI=1S/C10H10N2O3/c1-12-6-4-3-5-7(13)8(6)9(11-12)10(14)15-2/h3-5,13H,1-2H3. The van der Waals surface area contributed by atoms with E-state index in [-0.39, 0.29) is 11.4 Å². The molecule has 0 saturated carbocycles. The Morgan fingerprint density at radius 1 is 1.53 bits per heavy atom. The zero-order valence-electron chi connectivity index (χ0n) is 8.39. The molecule has 5 nitrogen and oxygen atoms in total. The lowest BCUT2D eigenvalue weighted by atomic mass is 10.2. The van der Waals surface area contributed by atoms with E-state index in [1.165, 1.54) is 17.9 Å². The van der Waals surface area contributed by atoms with Crippen molar-refractivity contribution in [2.75, 3.05) is 7.11 Å². The number of hydrogen-bond donors (Lipinski definition) is 1. The van der Waals surface area contributed by atoms with Crippen molar-refractivity contribution in [1.82, 2.24) is 9.78 Å². The molecule has 1 N–H and O–H groups in total. The highest BCUT2D eigenvalue weighted by molar-refractivity contribution is 6.04. The van der Waals surface area contributed by atoms with Gasteiger partial charge in [0.2, 0.25) is 0 Å². The van der Waals surface area contributed by atoms with E-state index in [1.807, 2.05) is 0 Å². The number of esters is 1. The largest absolute Gasteiger partial charge is 0.507 e. The number of carbonyl (C=O) groups is 1. The molecule has 0 amide bonds. The zero-order chi connectivity index (χ0) is 11.0. The third-order valence-corrected chi connectivity index (χ3v) is 2.23. The van der Waals surface area contributed by atoms with E-state index in [9.17, 15) is 9.90 Å². The number of methoxy groups -OCH3 is 1. The second-order valence-electron chi connectivity index (χ2n) is 3.14. The molecule has 1 aromatic carbocycles. The third-order valence-electron chi connectivity index (χ3n) is 2.23. The second-order valence-corrected chi connectivity index (χ2v) is 3.14. The fourth-order valence-electron chi connectivity index (χ4n) is 1.53. The van der Waals surface area contributed by atoms with Gasteiger partial charge in [0, 0.05) is 7.05 Å². The average molecular weight is 206 g/mol. The van der Waals surface area contributed by atoms with E-state index in [0.29, 0.717) is 10.9 Å². The molecule has 1 aromatic heterocycles. The fraction of sp³-hybridized carbons (Fsp3) is 0.200. The first-order chi connectivity index (χ1) is 7.15. The predicted octanol–water partition coefficient (Wildman–Crippen LogP) is 1.07. The highest BCUT2D eigenvalue weighted by atomic mass is 16.5. The number of rotatable bonds is 1. The molecule has 0 unspecified atom stereocenters. The van der Waals surface area contributed by atoms with Gasteiger partial charge in [0.05, 0.1) is 18.0 Å². The minimum absolute atomic E-state index is 0.0287. The van der Waals surface area contributed by atoms with Crippen LogP contribution in [0.4, 0.5) is 0 Å². The van der Waals surface area contributed by atoms with Crippen LogP contribution in [0.1, 0.15) is 10.5 Å². The molecule has 0 saturated heterocycles. The number of phenols is 1. The van der Waals surface area contributed by atoms with Gasteiger partial charge >= 0.3 is 5.97 Å². The molecule has 0 fully saturated rings. The van der Waals surface area contributed by atoms with Crippen molar-refractivity contribution in [2.45, 2.75) is 0 Å². The number of aromatic hydroxyl groups is 1. The number of hydrogen-bond acceptors (Lipinski definition) is 4. The Balaban J connectivity index is 2.81. The number of aryl methyl sites for hydroxylation is 1. The minimum atomic E-state index is -0.554. The maximum absolute atomic E-state index is 11.4. The van der Waals surface area contributed by atoms with Crippen molar-refractivity contribution in [2.24, 2.45) is 7.05 Å². The Morgan fingerprint density at radius 3 is 2.93 bits per heavy atom. The molecule has 0 aliphatic carbocycles. The van der Waals surface area contributed by atoms with Crippen LogP contribution in [0.5, 0.6) is 5.75 Å². The Labute approximate surface area is 85.9 Å². The van der Waals surface area contributed by atoms with Crippen LogP contribution in [-0.2, 0) is 11.8 Å². The van der Waals surface area contributed by atoms with Crippen molar-refractivity contribution in [1.29, 1.82) is 0 Å². The summed E-state index contributed by atoms with van der Waals surface area (Å²) in [6.45, 7) is 0. The van der Waals surface area contributed by atoms with Crippen LogP contribution in [0.15, 0.2) is 18.2 Å². The summed E-state index contributed by atoms with van der Waals surface area (Å²) in [4.78, 5) is 11.4. The van der Waals surface area contributed by atoms with E-state index in [2.05, 4.69) is 9.84 Å². The third kappa shape index (κ3) is 1.32. The Bertz CT molecular complexity index is 531. The topological polar surface area (TPSA) is 64.3 Å². The molecule has 0 aliphatic heterocycles. The molecule has 78 valence electrons. The van der Waals surface area contributed by atoms with Gasteiger partial charge in [0.25, 0.3) is 0 Å². The Morgan fingerprint density at radius 2 is 2.27 bits per heavy atom. The van der Waals surface area contributed by atoms with Gasteiger partial charge < -0.3 is 9.84 Å². The van der Waals surface area contributed by atoms with Gasteiger partial charge in [-0.3, -0.25) is 4.68 Å². The molecular weight excluding hydrogens is 196 g/mol. The lowest BCUT2D eigenvalue weighted by Crippen LogP contribution is -2.03. The summed E-state index contributed by atoms with van der Waals surface area (Å²) < 4.78 is 6.12. The van der Waals surface area contributed by atoms with Gasteiger partial charge in [0.15, 0.2) is 5.69 Å². The number of phenolic OH excluding ortho intramolecular Hbond substituents is 1. The molecule has 0 spiro atoms. The first-order valence-corrected chi connectivity index (χ1v) is 4.38. The van der Waals surface area contributed by atoms with Gasteiger partial charge in [-0.05, 0) is 12.1 Å². The number of carbonyl (C=O) groups excluding carboxylic acids is 1. The minimum Gasteiger partial charge on any atom is -0.507 e.